The molecule has 1 heterocycles. The maximum absolute atomic E-state index is 12.8. The predicted octanol–water partition coefficient (Wildman–Crippen LogP) is -2.53. The molecule has 1 aromatic rings. The zero-order chi connectivity index (χ0) is 24.3. The number of aromatic amines is 1. The molecule has 0 radical (unpaired) electrons. The monoisotopic (exact) mass is 471 g/mol. The van der Waals surface area contributed by atoms with E-state index in [2.05, 4.69) is 25.9 Å². The SMILES string of the molecule is CSCCC(NC(=O)C(C)NC(=O)C(Cc1cnc[nH]1)NC(=O)C(N)CC(N)=O)C(=O)O. The second kappa shape index (κ2) is 13.3. The number of amides is 4. The lowest BCUT2D eigenvalue weighted by atomic mass is 10.1. The highest BCUT2D eigenvalue weighted by Crippen LogP contribution is 2.03. The number of imidazole rings is 1. The highest BCUT2D eigenvalue weighted by Gasteiger charge is 2.29. The normalized spacial score (nSPS) is 14.5. The average molecular weight is 472 g/mol. The number of nitrogens with one attached hydrogen (secondary N) is 4. The number of rotatable bonds is 14. The Kier molecular flexibility index (Phi) is 11.2. The number of carbonyl (C=O) groups excluding carboxylic acids is 4. The quantitative estimate of drug-likeness (QED) is 0.152. The fourth-order valence-corrected chi connectivity index (χ4v) is 3.05. The molecule has 9 N–H and O–H groups in total. The number of H-pyrrole nitrogens is 1. The van der Waals surface area contributed by atoms with Gasteiger partial charge in [-0.15, -0.1) is 0 Å². The van der Waals surface area contributed by atoms with Crippen LogP contribution >= 0.6 is 11.8 Å². The first-order valence-corrected chi connectivity index (χ1v) is 11.1. The van der Waals surface area contributed by atoms with Gasteiger partial charge in [0, 0.05) is 18.3 Å². The molecule has 0 aromatic carbocycles. The van der Waals surface area contributed by atoms with Crippen molar-refractivity contribution >= 4 is 41.4 Å². The van der Waals surface area contributed by atoms with E-state index in [0.29, 0.717) is 11.4 Å². The molecular weight excluding hydrogens is 442 g/mol. The molecule has 178 valence electrons. The second-order valence-electron chi connectivity index (χ2n) is 7.03. The Hall–Kier alpha value is -3.13. The van der Waals surface area contributed by atoms with Gasteiger partial charge in [0.25, 0.3) is 0 Å². The summed E-state index contributed by atoms with van der Waals surface area (Å²) in [5, 5.41) is 16.5. The summed E-state index contributed by atoms with van der Waals surface area (Å²) in [5.41, 5.74) is 11.2. The fraction of sp³-hybridized carbons (Fsp3) is 0.556. The molecule has 1 aromatic heterocycles. The summed E-state index contributed by atoms with van der Waals surface area (Å²) in [6.07, 6.45) is 4.47. The van der Waals surface area contributed by atoms with Gasteiger partial charge in [-0.25, -0.2) is 9.78 Å². The summed E-state index contributed by atoms with van der Waals surface area (Å²) < 4.78 is 0. The Morgan fingerprint density at radius 1 is 1.12 bits per heavy atom. The summed E-state index contributed by atoms with van der Waals surface area (Å²) in [4.78, 5) is 66.4. The Balaban J connectivity index is 2.82. The zero-order valence-corrected chi connectivity index (χ0v) is 18.6. The summed E-state index contributed by atoms with van der Waals surface area (Å²) in [6.45, 7) is 1.38. The predicted molar refractivity (Wildman–Crippen MR) is 116 cm³/mol. The van der Waals surface area contributed by atoms with E-state index in [9.17, 15) is 29.1 Å². The molecule has 32 heavy (non-hydrogen) atoms. The summed E-state index contributed by atoms with van der Waals surface area (Å²) in [5.74, 6) is -3.60. The van der Waals surface area contributed by atoms with Gasteiger partial charge in [-0.2, -0.15) is 11.8 Å². The number of hydrogen-bond acceptors (Lipinski definition) is 8. The van der Waals surface area contributed by atoms with Crippen molar-refractivity contribution in [2.75, 3.05) is 12.0 Å². The number of aromatic nitrogens is 2. The Labute approximate surface area is 188 Å². The van der Waals surface area contributed by atoms with Gasteiger partial charge in [0.2, 0.25) is 23.6 Å². The maximum atomic E-state index is 12.8. The van der Waals surface area contributed by atoms with Gasteiger partial charge >= 0.3 is 5.97 Å². The van der Waals surface area contributed by atoms with E-state index in [-0.39, 0.29) is 12.8 Å². The van der Waals surface area contributed by atoms with Crippen LogP contribution in [-0.2, 0) is 30.4 Å². The third kappa shape index (κ3) is 9.34. The molecule has 4 atom stereocenters. The molecule has 4 unspecified atom stereocenters. The van der Waals surface area contributed by atoms with E-state index in [1.807, 2.05) is 6.26 Å². The van der Waals surface area contributed by atoms with Gasteiger partial charge in [-0.3, -0.25) is 19.2 Å². The van der Waals surface area contributed by atoms with Crippen LogP contribution < -0.4 is 27.4 Å². The molecule has 13 nitrogen and oxygen atoms in total. The third-order valence-electron chi connectivity index (χ3n) is 4.35. The smallest absolute Gasteiger partial charge is 0.326 e. The number of nitrogens with zero attached hydrogens (tertiary/aromatic N) is 1. The zero-order valence-electron chi connectivity index (χ0n) is 17.8. The molecule has 0 saturated heterocycles. The van der Waals surface area contributed by atoms with Crippen molar-refractivity contribution in [1.82, 2.24) is 25.9 Å². The topological polar surface area (TPSA) is 222 Å². The first-order chi connectivity index (χ1) is 15.0. The molecule has 0 aliphatic heterocycles. The van der Waals surface area contributed by atoms with Crippen molar-refractivity contribution in [3.63, 3.8) is 0 Å². The van der Waals surface area contributed by atoms with Crippen molar-refractivity contribution < 1.29 is 29.1 Å². The van der Waals surface area contributed by atoms with E-state index in [4.69, 9.17) is 11.5 Å². The number of primary amides is 1. The molecule has 0 saturated carbocycles. The summed E-state index contributed by atoms with van der Waals surface area (Å²) in [7, 11) is 0. The van der Waals surface area contributed by atoms with Crippen LogP contribution in [0.4, 0.5) is 0 Å². The van der Waals surface area contributed by atoms with Crippen LogP contribution in [0.5, 0.6) is 0 Å². The van der Waals surface area contributed by atoms with Crippen LogP contribution in [0.3, 0.4) is 0 Å². The van der Waals surface area contributed by atoms with Crippen LogP contribution in [0.25, 0.3) is 0 Å². The number of thioether (sulfide) groups is 1. The number of carbonyl (C=O) groups is 5. The molecule has 0 spiro atoms. The van der Waals surface area contributed by atoms with Gasteiger partial charge in [0.15, 0.2) is 0 Å². The van der Waals surface area contributed by atoms with Crippen molar-refractivity contribution in [2.45, 2.75) is 50.4 Å². The van der Waals surface area contributed by atoms with Crippen LogP contribution in [0.15, 0.2) is 12.5 Å². The van der Waals surface area contributed by atoms with Crippen LogP contribution in [0.1, 0.15) is 25.5 Å². The van der Waals surface area contributed by atoms with E-state index in [1.54, 1.807) is 0 Å². The minimum atomic E-state index is -1.25. The van der Waals surface area contributed by atoms with Crippen molar-refractivity contribution in [3.8, 4) is 0 Å². The summed E-state index contributed by atoms with van der Waals surface area (Å²) in [6, 6.07) is -4.58. The van der Waals surface area contributed by atoms with Crippen LogP contribution in [0, 0.1) is 0 Å². The highest BCUT2D eigenvalue weighted by molar-refractivity contribution is 7.98. The molecule has 14 heteroatoms. The molecule has 0 bridgehead atoms. The van der Waals surface area contributed by atoms with Gasteiger partial charge in [0.05, 0.1) is 18.8 Å². The number of nitrogens with two attached hydrogens (primary N) is 2. The molecule has 1 rings (SSSR count). The van der Waals surface area contributed by atoms with E-state index < -0.39 is 60.2 Å². The average Bonchev–Trinajstić information content (AvgIpc) is 3.22. The molecule has 0 fully saturated rings. The van der Waals surface area contributed by atoms with Crippen LogP contribution in [-0.4, -0.2) is 80.8 Å². The lowest BCUT2D eigenvalue weighted by Gasteiger charge is -2.23. The van der Waals surface area contributed by atoms with Gasteiger partial charge in [0.1, 0.15) is 18.1 Å². The van der Waals surface area contributed by atoms with E-state index >= 15 is 0 Å². The number of hydrogen-bond donors (Lipinski definition) is 7. The Morgan fingerprint density at radius 3 is 2.31 bits per heavy atom. The minimum Gasteiger partial charge on any atom is -0.480 e. The van der Waals surface area contributed by atoms with Gasteiger partial charge in [-0.05, 0) is 25.4 Å². The van der Waals surface area contributed by atoms with E-state index in [1.165, 1.54) is 31.2 Å². The van der Waals surface area contributed by atoms with Crippen LogP contribution in [0.2, 0.25) is 0 Å². The molecule has 4 amide bonds. The largest absolute Gasteiger partial charge is 0.480 e. The van der Waals surface area contributed by atoms with Crippen molar-refractivity contribution in [3.05, 3.63) is 18.2 Å². The number of aliphatic carboxylic acids is 1. The van der Waals surface area contributed by atoms with Gasteiger partial charge < -0.3 is 37.5 Å². The fourth-order valence-electron chi connectivity index (χ4n) is 2.58. The van der Waals surface area contributed by atoms with Crippen molar-refractivity contribution in [1.29, 1.82) is 0 Å². The van der Waals surface area contributed by atoms with Gasteiger partial charge in [-0.1, -0.05) is 0 Å². The molecular formula is C18H29N7O6S. The molecule has 0 aliphatic rings. The van der Waals surface area contributed by atoms with E-state index in [0.717, 1.165) is 0 Å². The summed E-state index contributed by atoms with van der Waals surface area (Å²) >= 11 is 1.44. The number of carboxylic acids is 1. The van der Waals surface area contributed by atoms with Crippen molar-refractivity contribution in [2.24, 2.45) is 11.5 Å². The standard InChI is InChI=1S/C18H29N7O6S/c1-9(15(27)24-12(18(30)31)3-4-32-2)23-17(29)13(5-10-7-21-8-22-10)25-16(28)11(19)6-14(20)26/h7-9,11-13H,3-6,19H2,1-2H3,(H2,20,26)(H,21,22)(H,23,29)(H,24,27)(H,25,28)(H,30,31). The first-order valence-electron chi connectivity index (χ1n) is 9.69. The molecule has 0 aliphatic carbocycles. The Morgan fingerprint density at radius 2 is 1.78 bits per heavy atom. The second-order valence-corrected chi connectivity index (χ2v) is 8.02. The lowest BCUT2D eigenvalue weighted by molar-refractivity contribution is -0.142. The maximum Gasteiger partial charge on any atom is 0.326 e. The lowest BCUT2D eigenvalue weighted by Crippen LogP contribution is -2.57. The first kappa shape index (κ1) is 26.9. The Bertz CT molecular complexity index is 804. The third-order valence-corrected chi connectivity index (χ3v) is 4.99. The number of carboxylic acid groups (broad SMARTS) is 1. The minimum absolute atomic E-state index is 0.000672. The highest BCUT2D eigenvalue weighted by atomic mass is 32.2.